The quantitative estimate of drug-likeness (QED) is 0.642. The molecule has 1 aromatic carbocycles. The highest BCUT2D eigenvalue weighted by atomic mass is 16.6. The maximum absolute atomic E-state index is 11.0. The number of anilines is 1. The summed E-state index contributed by atoms with van der Waals surface area (Å²) in [5, 5.41) is 14.2. The van der Waals surface area contributed by atoms with Gasteiger partial charge in [0.15, 0.2) is 0 Å². The number of benzene rings is 1. The lowest BCUT2D eigenvalue weighted by atomic mass is 9.87. The van der Waals surface area contributed by atoms with Gasteiger partial charge in [0, 0.05) is 12.1 Å². The van der Waals surface area contributed by atoms with Crippen LogP contribution in [0.5, 0.6) is 0 Å². The van der Waals surface area contributed by atoms with Crippen molar-refractivity contribution < 1.29 is 4.92 Å². The van der Waals surface area contributed by atoms with E-state index in [0.717, 1.165) is 5.56 Å². The van der Waals surface area contributed by atoms with E-state index in [-0.39, 0.29) is 22.1 Å². The minimum absolute atomic E-state index is 0.0517. The van der Waals surface area contributed by atoms with E-state index < -0.39 is 0 Å². The first-order chi connectivity index (χ1) is 7.73. The summed E-state index contributed by atoms with van der Waals surface area (Å²) in [6.07, 6.45) is 0. The van der Waals surface area contributed by atoms with Crippen LogP contribution in [0.2, 0.25) is 0 Å². The molecule has 0 aromatic heterocycles. The number of hydrogen-bond donors (Lipinski definition) is 1. The molecule has 94 valence electrons. The maximum atomic E-state index is 11.0. The Morgan fingerprint density at radius 2 is 1.94 bits per heavy atom. The number of nitro groups is 1. The van der Waals surface area contributed by atoms with Crippen LogP contribution in [0.15, 0.2) is 18.2 Å². The fraction of sp³-hybridized carbons (Fsp3) is 0.538. The lowest BCUT2D eigenvalue weighted by molar-refractivity contribution is -0.384. The van der Waals surface area contributed by atoms with Crippen molar-refractivity contribution in [3.63, 3.8) is 0 Å². The molecule has 0 aliphatic carbocycles. The van der Waals surface area contributed by atoms with Crippen molar-refractivity contribution in [1.29, 1.82) is 0 Å². The lowest BCUT2D eigenvalue weighted by Crippen LogP contribution is -2.31. The zero-order chi connectivity index (χ0) is 13.2. The molecule has 0 bridgehead atoms. The number of hydrogen-bond acceptors (Lipinski definition) is 3. The second-order valence-corrected chi connectivity index (χ2v) is 5.46. The van der Waals surface area contributed by atoms with Crippen LogP contribution in [0, 0.1) is 22.5 Å². The van der Waals surface area contributed by atoms with Crippen LogP contribution in [0.25, 0.3) is 0 Å². The standard InChI is InChI=1S/C13H20N2O2/c1-9-7-6-8-11(15(16)17)12(9)14-10(2)13(3,4)5/h6-8,10,14H,1-5H3. The van der Waals surface area contributed by atoms with Crippen molar-refractivity contribution in [3.8, 4) is 0 Å². The van der Waals surface area contributed by atoms with E-state index in [1.165, 1.54) is 6.07 Å². The summed E-state index contributed by atoms with van der Waals surface area (Å²) in [5.41, 5.74) is 1.72. The Balaban J connectivity index is 3.09. The minimum Gasteiger partial charge on any atom is -0.376 e. The molecule has 0 amide bonds. The molecule has 0 saturated carbocycles. The summed E-state index contributed by atoms with van der Waals surface area (Å²) >= 11 is 0. The van der Waals surface area contributed by atoms with Crippen molar-refractivity contribution in [2.24, 2.45) is 5.41 Å². The average molecular weight is 236 g/mol. The molecule has 0 spiro atoms. The molecule has 1 unspecified atom stereocenters. The van der Waals surface area contributed by atoms with Gasteiger partial charge in [0.05, 0.1) is 4.92 Å². The van der Waals surface area contributed by atoms with Crippen molar-refractivity contribution in [1.82, 2.24) is 0 Å². The topological polar surface area (TPSA) is 55.2 Å². The highest BCUT2D eigenvalue weighted by Gasteiger charge is 2.23. The highest BCUT2D eigenvalue weighted by molar-refractivity contribution is 5.66. The molecule has 1 rings (SSSR count). The number of nitrogens with zero attached hydrogens (tertiary/aromatic N) is 1. The van der Waals surface area contributed by atoms with Gasteiger partial charge < -0.3 is 5.32 Å². The molecule has 0 aliphatic heterocycles. The highest BCUT2D eigenvalue weighted by Crippen LogP contribution is 2.31. The number of rotatable bonds is 3. The van der Waals surface area contributed by atoms with Crippen molar-refractivity contribution in [2.75, 3.05) is 5.32 Å². The third-order valence-electron chi connectivity index (χ3n) is 3.11. The Hall–Kier alpha value is -1.58. The third kappa shape index (κ3) is 3.19. The van der Waals surface area contributed by atoms with Gasteiger partial charge in [-0.3, -0.25) is 10.1 Å². The molecular weight excluding hydrogens is 216 g/mol. The van der Waals surface area contributed by atoms with Crippen molar-refractivity contribution in [3.05, 3.63) is 33.9 Å². The summed E-state index contributed by atoms with van der Waals surface area (Å²) in [5.74, 6) is 0. The molecule has 0 radical (unpaired) electrons. The summed E-state index contributed by atoms with van der Waals surface area (Å²) in [6.45, 7) is 10.2. The van der Waals surface area contributed by atoms with Gasteiger partial charge in [-0.2, -0.15) is 0 Å². The van der Waals surface area contributed by atoms with Crippen LogP contribution in [0.4, 0.5) is 11.4 Å². The van der Waals surface area contributed by atoms with Gasteiger partial charge in [0.1, 0.15) is 5.69 Å². The first-order valence-corrected chi connectivity index (χ1v) is 5.74. The first-order valence-electron chi connectivity index (χ1n) is 5.74. The molecule has 4 heteroatoms. The SMILES string of the molecule is Cc1cccc([N+](=O)[O-])c1NC(C)C(C)(C)C. The third-order valence-corrected chi connectivity index (χ3v) is 3.11. The molecule has 17 heavy (non-hydrogen) atoms. The Kier molecular flexibility index (Phi) is 3.76. The van der Waals surface area contributed by atoms with Gasteiger partial charge >= 0.3 is 0 Å². The number of aryl methyl sites for hydroxylation is 1. The molecule has 1 N–H and O–H groups in total. The molecular formula is C13H20N2O2. The van der Waals surface area contributed by atoms with E-state index in [9.17, 15) is 10.1 Å². The number of para-hydroxylation sites is 1. The van der Waals surface area contributed by atoms with Crippen LogP contribution < -0.4 is 5.32 Å². The molecule has 0 aliphatic rings. The van der Waals surface area contributed by atoms with Crippen LogP contribution >= 0.6 is 0 Å². The average Bonchev–Trinajstić information content (AvgIpc) is 2.18. The second-order valence-electron chi connectivity index (χ2n) is 5.46. The molecule has 0 heterocycles. The molecule has 1 atom stereocenters. The van der Waals surface area contributed by atoms with Crippen LogP contribution in [-0.2, 0) is 0 Å². The fourth-order valence-electron chi connectivity index (χ4n) is 1.43. The zero-order valence-electron chi connectivity index (χ0n) is 11.1. The summed E-state index contributed by atoms with van der Waals surface area (Å²) in [4.78, 5) is 10.6. The van der Waals surface area contributed by atoms with Crippen LogP contribution in [-0.4, -0.2) is 11.0 Å². The fourth-order valence-corrected chi connectivity index (χ4v) is 1.43. The van der Waals surface area contributed by atoms with E-state index in [0.29, 0.717) is 5.69 Å². The van der Waals surface area contributed by atoms with Gasteiger partial charge in [0.25, 0.3) is 5.69 Å². The Labute approximate surface area is 102 Å². The van der Waals surface area contributed by atoms with Crippen molar-refractivity contribution in [2.45, 2.75) is 40.7 Å². The van der Waals surface area contributed by atoms with E-state index in [1.807, 2.05) is 19.9 Å². The van der Waals surface area contributed by atoms with Crippen LogP contribution in [0.1, 0.15) is 33.3 Å². The predicted octanol–water partition coefficient (Wildman–Crippen LogP) is 3.75. The number of nitro benzene ring substituents is 1. The van der Waals surface area contributed by atoms with E-state index in [1.54, 1.807) is 6.07 Å². The van der Waals surface area contributed by atoms with E-state index in [2.05, 4.69) is 26.1 Å². The monoisotopic (exact) mass is 236 g/mol. The van der Waals surface area contributed by atoms with Gasteiger partial charge in [-0.15, -0.1) is 0 Å². The van der Waals surface area contributed by atoms with Gasteiger partial charge in [-0.1, -0.05) is 32.9 Å². The molecule has 0 fully saturated rings. The van der Waals surface area contributed by atoms with Crippen molar-refractivity contribution >= 4 is 11.4 Å². The second kappa shape index (κ2) is 4.73. The predicted molar refractivity (Wildman–Crippen MR) is 70.4 cm³/mol. The normalized spacial score (nSPS) is 13.2. The molecule has 4 nitrogen and oxygen atoms in total. The minimum atomic E-state index is -0.343. The van der Waals surface area contributed by atoms with Crippen LogP contribution in [0.3, 0.4) is 0 Å². The zero-order valence-corrected chi connectivity index (χ0v) is 11.1. The lowest BCUT2D eigenvalue weighted by Gasteiger charge is -2.29. The smallest absolute Gasteiger partial charge is 0.292 e. The van der Waals surface area contributed by atoms with Gasteiger partial charge in [0.2, 0.25) is 0 Å². The maximum Gasteiger partial charge on any atom is 0.292 e. The number of nitrogens with one attached hydrogen (secondary N) is 1. The van der Waals surface area contributed by atoms with Gasteiger partial charge in [-0.05, 0) is 24.8 Å². The largest absolute Gasteiger partial charge is 0.376 e. The molecule has 1 aromatic rings. The summed E-state index contributed by atoms with van der Waals surface area (Å²) in [6, 6.07) is 5.28. The Morgan fingerprint density at radius 3 is 2.41 bits per heavy atom. The summed E-state index contributed by atoms with van der Waals surface area (Å²) in [7, 11) is 0. The molecule has 0 saturated heterocycles. The Bertz CT molecular complexity index is 422. The Morgan fingerprint density at radius 1 is 1.35 bits per heavy atom. The first kappa shape index (κ1) is 13.5. The van der Waals surface area contributed by atoms with E-state index >= 15 is 0 Å². The summed E-state index contributed by atoms with van der Waals surface area (Å²) < 4.78 is 0. The van der Waals surface area contributed by atoms with E-state index in [4.69, 9.17) is 0 Å². The van der Waals surface area contributed by atoms with Gasteiger partial charge in [-0.25, -0.2) is 0 Å².